The minimum atomic E-state index is -1.05. The Morgan fingerprint density at radius 3 is 2.17 bits per heavy atom. The molecule has 3 fully saturated rings. The van der Waals surface area contributed by atoms with Gasteiger partial charge in [0, 0.05) is 10.6 Å². The first-order valence-electron chi connectivity index (χ1n) is 9.89. The summed E-state index contributed by atoms with van der Waals surface area (Å²) in [5, 5.41) is 0.501. The van der Waals surface area contributed by atoms with Gasteiger partial charge in [-0.3, -0.25) is 19.3 Å². The number of likely N-dealkylation sites (tertiary alicyclic amines) is 1. The lowest BCUT2D eigenvalue weighted by atomic mass is 9.63. The van der Waals surface area contributed by atoms with E-state index in [1.807, 2.05) is 0 Å². The van der Waals surface area contributed by atoms with E-state index in [2.05, 4.69) is 12.2 Å². The summed E-state index contributed by atoms with van der Waals surface area (Å²) in [4.78, 5) is 51.8. The van der Waals surface area contributed by atoms with Crippen molar-refractivity contribution in [3.8, 4) is 0 Å². The van der Waals surface area contributed by atoms with Gasteiger partial charge in [0.1, 0.15) is 6.04 Å². The first-order valence-corrected chi connectivity index (χ1v) is 10.3. The van der Waals surface area contributed by atoms with Gasteiger partial charge >= 0.3 is 5.97 Å². The molecule has 2 bridgehead atoms. The third kappa shape index (κ3) is 2.76. The largest absolute Gasteiger partial charge is 0.456 e. The Labute approximate surface area is 172 Å². The zero-order valence-electron chi connectivity index (χ0n) is 15.8. The molecule has 1 saturated heterocycles. The molecule has 0 aromatic heterocycles. The topological polar surface area (TPSA) is 80.8 Å². The van der Waals surface area contributed by atoms with Gasteiger partial charge < -0.3 is 4.74 Å². The van der Waals surface area contributed by atoms with Crippen molar-refractivity contribution in [1.82, 2.24) is 4.90 Å². The monoisotopic (exact) mass is 413 g/mol. The quantitative estimate of drug-likeness (QED) is 0.320. The molecule has 0 spiro atoms. The maximum Gasteiger partial charge on any atom is 0.329 e. The van der Waals surface area contributed by atoms with Crippen molar-refractivity contribution in [2.45, 2.75) is 19.4 Å². The lowest BCUT2D eigenvalue weighted by molar-refractivity contribution is -0.157. The second-order valence-corrected chi connectivity index (χ2v) is 8.85. The molecule has 150 valence electrons. The average molecular weight is 414 g/mol. The summed E-state index contributed by atoms with van der Waals surface area (Å²) in [6.07, 6.45) is 5.26. The highest BCUT2D eigenvalue weighted by atomic mass is 35.5. The van der Waals surface area contributed by atoms with E-state index in [0.717, 1.165) is 11.3 Å². The molecular weight excluding hydrogens is 394 g/mol. The molecule has 7 heteroatoms. The Hall–Kier alpha value is -2.47. The molecule has 6 rings (SSSR count). The zero-order chi connectivity index (χ0) is 20.4. The number of Topliss-reactive ketones (excluding diaryl/α,β-unsaturated/α-hetero) is 1. The number of ketones is 1. The van der Waals surface area contributed by atoms with Crippen molar-refractivity contribution < 1.29 is 23.9 Å². The summed E-state index contributed by atoms with van der Waals surface area (Å²) in [6, 6.07) is 5.21. The van der Waals surface area contributed by atoms with Gasteiger partial charge in [-0.1, -0.05) is 23.8 Å². The van der Waals surface area contributed by atoms with Gasteiger partial charge in [0.2, 0.25) is 11.8 Å². The van der Waals surface area contributed by atoms with Gasteiger partial charge in [0.25, 0.3) is 0 Å². The van der Waals surface area contributed by atoms with E-state index in [9.17, 15) is 19.2 Å². The number of nitrogens with zero attached hydrogens (tertiary/aromatic N) is 1. The van der Waals surface area contributed by atoms with Crippen molar-refractivity contribution in [2.24, 2.45) is 35.5 Å². The first-order chi connectivity index (χ1) is 13.9. The summed E-state index contributed by atoms with van der Waals surface area (Å²) in [6.45, 7) is 1.03. The van der Waals surface area contributed by atoms with Crippen LogP contribution >= 0.6 is 11.6 Å². The molecule has 0 N–H and O–H groups in total. The molecule has 2 amide bonds. The van der Waals surface area contributed by atoms with Crippen molar-refractivity contribution in [3.63, 3.8) is 0 Å². The molecule has 0 unspecified atom stereocenters. The summed E-state index contributed by atoms with van der Waals surface area (Å²) in [5.41, 5.74) is 0.371. The van der Waals surface area contributed by atoms with Gasteiger partial charge in [-0.05, 0) is 61.3 Å². The van der Waals surface area contributed by atoms with Crippen LogP contribution in [0.1, 0.15) is 23.7 Å². The fourth-order valence-electron chi connectivity index (χ4n) is 5.44. The van der Waals surface area contributed by atoms with E-state index >= 15 is 0 Å². The number of hydrogen-bond donors (Lipinski definition) is 0. The van der Waals surface area contributed by atoms with E-state index in [1.54, 1.807) is 24.3 Å². The van der Waals surface area contributed by atoms with Crippen LogP contribution in [0.4, 0.5) is 0 Å². The van der Waals surface area contributed by atoms with Crippen molar-refractivity contribution in [1.29, 1.82) is 0 Å². The third-order valence-corrected chi connectivity index (χ3v) is 7.19. The van der Waals surface area contributed by atoms with Crippen LogP contribution in [-0.4, -0.2) is 41.1 Å². The van der Waals surface area contributed by atoms with Crippen molar-refractivity contribution >= 4 is 35.2 Å². The smallest absolute Gasteiger partial charge is 0.329 e. The Morgan fingerprint density at radius 2 is 1.62 bits per heavy atom. The fourth-order valence-corrected chi connectivity index (χ4v) is 5.57. The Morgan fingerprint density at radius 1 is 1.07 bits per heavy atom. The predicted molar refractivity (Wildman–Crippen MR) is 103 cm³/mol. The van der Waals surface area contributed by atoms with Crippen LogP contribution in [0.15, 0.2) is 36.4 Å². The molecule has 1 aromatic rings. The number of imide groups is 1. The van der Waals surface area contributed by atoms with Crippen LogP contribution in [0.3, 0.4) is 0 Å². The molecule has 7 atom stereocenters. The van der Waals surface area contributed by atoms with E-state index in [4.69, 9.17) is 16.3 Å². The third-order valence-electron chi connectivity index (χ3n) is 6.94. The van der Waals surface area contributed by atoms with Crippen molar-refractivity contribution in [3.05, 3.63) is 47.0 Å². The summed E-state index contributed by atoms with van der Waals surface area (Å²) < 4.78 is 5.13. The molecule has 1 heterocycles. The Bertz CT molecular complexity index is 918. The van der Waals surface area contributed by atoms with Crippen LogP contribution < -0.4 is 0 Å². The molecular formula is C22H20ClNO5. The number of esters is 1. The normalized spacial score (nSPS) is 34.6. The lowest BCUT2D eigenvalue weighted by Gasteiger charge is -2.37. The number of halogens is 1. The first kappa shape index (κ1) is 18.6. The fraction of sp³-hybridized carbons (Fsp3) is 0.455. The number of carbonyl (C=O) groups excluding carboxylic acids is 4. The minimum Gasteiger partial charge on any atom is -0.456 e. The Balaban J connectivity index is 1.26. The molecule has 1 aromatic carbocycles. The Kier molecular flexibility index (Phi) is 4.17. The zero-order valence-corrected chi connectivity index (χ0v) is 16.5. The molecule has 0 radical (unpaired) electrons. The van der Waals surface area contributed by atoms with Crippen LogP contribution in [0.5, 0.6) is 0 Å². The number of allylic oxidation sites excluding steroid dienone is 2. The maximum absolute atomic E-state index is 13.0. The van der Waals surface area contributed by atoms with Gasteiger partial charge in [-0.2, -0.15) is 0 Å². The number of benzene rings is 1. The number of rotatable bonds is 5. The van der Waals surface area contributed by atoms with Crippen molar-refractivity contribution in [2.75, 3.05) is 6.61 Å². The van der Waals surface area contributed by atoms with E-state index < -0.39 is 18.6 Å². The molecule has 1 aliphatic heterocycles. The maximum atomic E-state index is 13.0. The number of amides is 2. The van der Waals surface area contributed by atoms with E-state index in [0.29, 0.717) is 22.4 Å². The summed E-state index contributed by atoms with van der Waals surface area (Å²) in [7, 11) is 0. The number of carbonyl (C=O) groups is 4. The standard InChI is InChI=1S/C22H20ClNO5/c1-10(22(28)29-9-17(25)11-2-4-12(23)5-3-11)24-20(26)18-13-6-7-14(16-8-15(13)16)19(18)21(24)27/h2-7,10,13-16,18-19H,8-9H2,1H3/t10-,13+,14+,15-,16+,18-,19+/m1/s1. The summed E-state index contributed by atoms with van der Waals surface area (Å²) >= 11 is 5.80. The predicted octanol–water partition coefficient (Wildman–Crippen LogP) is 2.51. The molecule has 2 saturated carbocycles. The SMILES string of the molecule is C[C@H](C(=O)OCC(=O)c1ccc(Cl)cc1)N1C(=O)[C@@H]2[C@H]3C=C[C@@H]([C@@H]4C[C@H]34)[C@@H]2C1=O. The lowest BCUT2D eigenvalue weighted by Crippen LogP contribution is -2.45. The molecule has 6 nitrogen and oxygen atoms in total. The van der Waals surface area contributed by atoms with Crippen LogP contribution in [0.2, 0.25) is 5.02 Å². The average Bonchev–Trinajstić information content (AvgIpc) is 3.49. The van der Waals surface area contributed by atoms with Gasteiger partial charge in [0.15, 0.2) is 12.4 Å². The highest BCUT2D eigenvalue weighted by Crippen LogP contribution is 2.65. The van der Waals surface area contributed by atoms with E-state index in [1.165, 1.54) is 6.92 Å². The van der Waals surface area contributed by atoms with Gasteiger partial charge in [-0.15, -0.1) is 0 Å². The second kappa shape index (κ2) is 6.52. The highest BCUT2D eigenvalue weighted by Gasteiger charge is 2.67. The number of hydrogen-bond acceptors (Lipinski definition) is 5. The van der Waals surface area contributed by atoms with Crippen LogP contribution in [0.25, 0.3) is 0 Å². The van der Waals surface area contributed by atoms with Gasteiger partial charge in [-0.25, -0.2) is 4.79 Å². The summed E-state index contributed by atoms with van der Waals surface area (Å²) in [5.74, 6) is -1.19. The molecule has 5 aliphatic rings. The minimum absolute atomic E-state index is 0.103. The molecule has 4 aliphatic carbocycles. The number of ether oxygens (including phenoxy) is 1. The molecule has 29 heavy (non-hydrogen) atoms. The second-order valence-electron chi connectivity index (χ2n) is 8.41. The highest BCUT2D eigenvalue weighted by molar-refractivity contribution is 6.30. The van der Waals surface area contributed by atoms with Gasteiger partial charge in [0.05, 0.1) is 11.8 Å². The van der Waals surface area contributed by atoms with Crippen LogP contribution in [0, 0.1) is 35.5 Å². The van der Waals surface area contributed by atoms with Crippen LogP contribution in [-0.2, 0) is 19.1 Å². The van der Waals surface area contributed by atoms with E-state index in [-0.39, 0.29) is 41.3 Å².